The molecular weight excluding hydrogens is 226 g/mol. The van der Waals surface area contributed by atoms with E-state index in [1.54, 1.807) is 7.11 Å². The minimum Gasteiger partial charge on any atom is -0.493 e. The Balaban J connectivity index is 1.76. The number of nitrogens with two attached hydrogens (primary N) is 1. The molecule has 0 atom stereocenters. The predicted molar refractivity (Wildman–Crippen MR) is 71.1 cm³/mol. The van der Waals surface area contributed by atoms with Gasteiger partial charge in [-0.1, -0.05) is 6.07 Å². The normalized spacial score (nSPS) is 21.2. The maximum Gasteiger partial charge on any atom is 0.161 e. The number of hydrogen-bond donors (Lipinski definition) is 1. The Bertz CT molecular complexity index is 436. The average molecular weight is 247 g/mol. The summed E-state index contributed by atoms with van der Waals surface area (Å²) in [7, 11) is 1.69. The lowest BCUT2D eigenvalue weighted by molar-refractivity contribution is 0.116. The molecule has 3 heteroatoms. The first kappa shape index (κ1) is 11.8. The second kappa shape index (κ2) is 4.47. The van der Waals surface area contributed by atoms with Gasteiger partial charge in [-0.3, -0.25) is 0 Å². The lowest BCUT2D eigenvalue weighted by atomic mass is 9.96. The van der Waals surface area contributed by atoms with E-state index in [1.807, 2.05) is 6.07 Å². The van der Waals surface area contributed by atoms with Crippen molar-refractivity contribution in [2.45, 2.75) is 50.2 Å². The van der Waals surface area contributed by atoms with Gasteiger partial charge in [0.05, 0.1) is 13.2 Å². The van der Waals surface area contributed by atoms with Gasteiger partial charge in [0, 0.05) is 5.54 Å². The quantitative estimate of drug-likeness (QED) is 0.870. The second-order valence-electron chi connectivity index (χ2n) is 5.70. The van der Waals surface area contributed by atoms with Crippen LogP contribution in [0.25, 0.3) is 0 Å². The highest BCUT2D eigenvalue weighted by Gasteiger charge is 2.38. The van der Waals surface area contributed by atoms with Crippen molar-refractivity contribution < 1.29 is 9.47 Å². The molecule has 0 bridgehead atoms. The summed E-state index contributed by atoms with van der Waals surface area (Å²) in [5, 5.41) is 0. The van der Waals surface area contributed by atoms with Crippen molar-refractivity contribution in [3.63, 3.8) is 0 Å². The van der Waals surface area contributed by atoms with Crippen molar-refractivity contribution >= 4 is 0 Å². The fraction of sp³-hybridized carbons (Fsp3) is 0.600. The minimum absolute atomic E-state index is 0.0440. The average Bonchev–Trinajstić information content (AvgIpc) is 3.02. The number of rotatable bonds is 5. The van der Waals surface area contributed by atoms with Crippen LogP contribution in [0.4, 0.5) is 0 Å². The number of ether oxygens (including phenoxy) is 2. The van der Waals surface area contributed by atoms with E-state index in [2.05, 4.69) is 12.1 Å². The Kier molecular flexibility index (Phi) is 2.94. The Morgan fingerprint density at radius 2 is 2.06 bits per heavy atom. The lowest BCUT2D eigenvalue weighted by Gasteiger charge is -2.27. The van der Waals surface area contributed by atoms with E-state index in [9.17, 15) is 0 Å². The molecule has 98 valence electrons. The SMILES string of the molecule is COc1ccc(CC2(N)CC2)cc1OC1CCC1. The molecule has 18 heavy (non-hydrogen) atoms. The monoisotopic (exact) mass is 247 g/mol. The van der Waals surface area contributed by atoms with Crippen molar-refractivity contribution in [2.24, 2.45) is 5.73 Å². The molecule has 0 saturated heterocycles. The van der Waals surface area contributed by atoms with Crippen molar-refractivity contribution in [1.29, 1.82) is 0 Å². The van der Waals surface area contributed by atoms with Crippen LogP contribution in [0.3, 0.4) is 0 Å². The van der Waals surface area contributed by atoms with E-state index in [-0.39, 0.29) is 5.54 Å². The molecule has 2 aliphatic rings. The lowest BCUT2D eigenvalue weighted by Crippen LogP contribution is -2.26. The van der Waals surface area contributed by atoms with Crippen molar-refractivity contribution in [2.75, 3.05) is 7.11 Å². The Morgan fingerprint density at radius 1 is 1.28 bits per heavy atom. The topological polar surface area (TPSA) is 44.5 Å². The van der Waals surface area contributed by atoms with Crippen LogP contribution in [0.15, 0.2) is 18.2 Å². The zero-order valence-electron chi connectivity index (χ0n) is 10.9. The molecule has 1 aromatic carbocycles. The first-order valence-electron chi connectivity index (χ1n) is 6.81. The molecule has 2 saturated carbocycles. The third-order valence-electron chi connectivity index (χ3n) is 4.02. The first-order chi connectivity index (χ1) is 8.68. The van der Waals surface area contributed by atoms with E-state index < -0.39 is 0 Å². The molecule has 0 spiro atoms. The summed E-state index contributed by atoms with van der Waals surface area (Å²) in [5.74, 6) is 1.71. The Hall–Kier alpha value is -1.22. The van der Waals surface area contributed by atoms with Gasteiger partial charge in [-0.15, -0.1) is 0 Å². The Labute approximate surface area is 108 Å². The van der Waals surface area contributed by atoms with Crippen LogP contribution in [-0.4, -0.2) is 18.8 Å². The molecule has 2 N–H and O–H groups in total. The van der Waals surface area contributed by atoms with E-state index in [4.69, 9.17) is 15.2 Å². The molecule has 0 amide bonds. The van der Waals surface area contributed by atoms with Gasteiger partial charge in [-0.25, -0.2) is 0 Å². The molecule has 2 aliphatic carbocycles. The molecular formula is C15H21NO2. The van der Waals surface area contributed by atoms with Crippen LogP contribution < -0.4 is 15.2 Å². The zero-order chi connectivity index (χ0) is 12.6. The van der Waals surface area contributed by atoms with Crippen molar-refractivity contribution in [1.82, 2.24) is 0 Å². The van der Waals surface area contributed by atoms with Gasteiger partial charge in [0.25, 0.3) is 0 Å². The van der Waals surface area contributed by atoms with Crippen LogP contribution >= 0.6 is 0 Å². The van der Waals surface area contributed by atoms with Gasteiger partial charge >= 0.3 is 0 Å². The van der Waals surface area contributed by atoms with Crippen LogP contribution in [0, 0.1) is 0 Å². The van der Waals surface area contributed by atoms with Gasteiger partial charge in [-0.05, 0) is 56.2 Å². The van der Waals surface area contributed by atoms with Crippen molar-refractivity contribution in [3.05, 3.63) is 23.8 Å². The minimum atomic E-state index is 0.0440. The van der Waals surface area contributed by atoms with Crippen molar-refractivity contribution in [3.8, 4) is 11.5 Å². The molecule has 3 nitrogen and oxygen atoms in total. The number of hydrogen-bond acceptors (Lipinski definition) is 3. The molecule has 2 fully saturated rings. The highest BCUT2D eigenvalue weighted by atomic mass is 16.5. The summed E-state index contributed by atoms with van der Waals surface area (Å²) in [6.07, 6.45) is 7.19. The smallest absolute Gasteiger partial charge is 0.161 e. The third-order valence-corrected chi connectivity index (χ3v) is 4.02. The summed E-state index contributed by atoms with van der Waals surface area (Å²) in [4.78, 5) is 0. The number of methoxy groups -OCH3 is 1. The van der Waals surface area contributed by atoms with E-state index >= 15 is 0 Å². The highest BCUT2D eigenvalue weighted by Crippen LogP contribution is 2.38. The Morgan fingerprint density at radius 3 is 2.61 bits per heavy atom. The van der Waals surface area contributed by atoms with Gasteiger partial charge < -0.3 is 15.2 Å². The predicted octanol–water partition coefficient (Wildman–Crippen LogP) is 2.66. The van der Waals surface area contributed by atoms with E-state index in [1.165, 1.54) is 12.0 Å². The van der Waals surface area contributed by atoms with Crippen LogP contribution in [0.5, 0.6) is 11.5 Å². The van der Waals surface area contributed by atoms with Gasteiger partial charge in [-0.2, -0.15) is 0 Å². The maximum atomic E-state index is 6.17. The van der Waals surface area contributed by atoms with Gasteiger partial charge in [0.15, 0.2) is 11.5 Å². The van der Waals surface area contributed by atoms with Crippen LogP contribution in [0.2, 0.25) is 0 Å². The second-order valence-corrected chi connectivity index (χ2v) is 5.70. The largest absolute Gasteiger partial charge is 0.493 e. The van der Waals surface area contributed by atoms with E-state index in [0.717, 1.165) is 43.6 Å². The van der Waals surface area contributed by atoms with E-state index in [0.29, 0.717) is 6.10 Å². The molecule has 3 rings (SSSR count). The van der Waals surface area contributed by atoms with Gasteiger partial charge in [0.2, 0.25) is 0 Å². The summed E-state index contributed by atoms with van der Waals surface area (Å²) < 4.78 is 11.3. The maximum absolute atomic E-state index is 6.17. The summed E-state index contributed by atoms with van der Waals surface area (Å²) in [5.41, 5.74) is 7.46. The van der Waals surface area contributed by atoms with Gasteiger partial charge in [0.1, 0.15) is 0 Å². The molecule has 0 aliphatic heterocycles. The third kappa shape index (κ3) is 2.46. The summed E-state index contributed by atoms with van der Waals surface area (Å²) >= 11 is 0. The standard InChI is InChI=1S/C15H21NO2/c1-17-13-6-5-11(10-15(16)7-8-15)9-14(13)18-12-3-2-4-12/h5-6,9,12H,2-4,7-8,10,16H2,1H3. The summed E-state index contributed by atoms with van der Waals surface area (Å²) in [6, 6.07) is 6.19. The number of benzene rings is 1. The molecule has 0 radical (unpaired) electrons. The first-order valence-corrected chi connectivity index (χ1v) is 6.81. The highest BCUT2D eigenvalue weighted by molar-refractivity contribution is 5.44. The molecule has 0 aromatic heterocycles. The molecule has 1 aromatic rings. The van der Waals surface area contributed by atoms with Crippen LogP contribution in [-0.2, 0) is 6.42 Å². The summed E-state index contributed by atoms with van der Waals surface area (Å²) in [6.45, 7) is 0. The fourth-order valence-electron chi connectivity index (χ4n) is 2.34. The fourth-order valence-corrected chi connectivity index (χ4v) is 2.34. The molecule has 0 heterocycles. The van der Waals surface area contributed by atoms with Crippen LogP contribution in [0.1, 0.15) is 37.7 Å². The molecule has 0 unspecified atom stereocenters. The zero-order valence-corrected chi connectivity index (χ0v) is 10.9.